The number of methoxy groups -OCH3 is 1. The van der Waals surface area contributed by atoms with E-state index in [-0.39, 0.29) is 18.1 Å². The monoisotopic (exact) mass is 570 g/mol. The van der Waals surface area contributed by atoms with Crippen LogP contribution in [0.25, 0.3) is 0 Å². The lowest BCUT2D eigenvalue weighted by Crippen LogP contribution is -2.60. The van der Waals surface area contributed by atoms with Gasteiger partial charge in [-0.3, -0.25) is 0 Å². The van der Waals surface area contributed by atoms with E-state index in [4.69, 9.17) is 44.5 Å². The van der Waals surface area contributed by atoms with Crippen molar-refractivity contribution in [2.75, 3.05) is 20.3 Å². The van der Waals surface area contributed by atoms with Crippen LogP contribution in [0.1, 0.15) is 13.3 Å². The fraction of sp³-hybridized carbons (Fsp3) is 0.826. The van der Waals surface area contributed by atoms with Crippen LogP contribution >= 0.6 is 0 Å². The number of esters is 1. The molecular formula is C23H38O16. The lowest BCUT2D eigenvalue weighted by molar-refractivity contribution is -0.342. The highest BCUT2D eigenvalue weighted by Gasteiger charge is 2.53. The molecule has 0 radical (unpaired) electrons. The van der Waals surface area contributed by atoms with Gasteiger partial charge in [0.05, 0.1) is 38.3 Å². The molecule has 0 unspecified atom stereocenters. The molecule has 16 heteroatoms. The molecule has 10 N–H and O–H groups in total. The van der Waals surface area contributed by atoms with E-state index < -0.39 is 92.6 Å². The minimum atomic E-state index is -1.79. The number of carbonyl (C=O) groups is 2. The molecule has 16 nitrogen and oxygen atoms in total. The maximum atomic E-state index is 12.0. The number of carbonyl (C=O) groups excluding carboxylic acids is 2. The zero-order chi connectivity index (χ0) is 29.6. The van der Waals surface area contributed by atoms with E-state index in [1.807, 2.05) is 0 Å². The Kier molecular flexibility index (Phi) is 12.6. The topological polar surface area (TPSA) is 273 Å². The molecule has 226 valence electrons. The SMILES string of the molecule is COC(=O)C1=CO[C@@H](O[C@@H]2O[C@H](CO)[C@@H](O)[C@H](O)[C@H]2O)[C@@H]2[C@@H](C)[C@@H](O)C[C@H]12.O=C[C@H](O)[C@@H](O)[C@H](O)[C@H](O)CO. The molecule has 1 aliphatic carbocycles. The number of fused-ring (bicyclic) bond motifs is 1. The van der Waals surface area contributed by atoms with Gasteiger partial charge in [-0.2, -0.15) is 0 Å². The van der Waals surface area contributed by atoms with Gasteiger partial charge >= 0.3 is 5.97 Å². The number of aliphatic hydroxyl groups excluding tert-OH is 10. The highest BCUT2D eigenvalue weighted by molar-refractivity contribution is 5.89. The summed E-state index contributed by atoms with van der Waals surface area (Å²) in [6, 6.07) is 0. The normalized spacial score (nSPS) is 39.0. The molecule has 2 fully saturated rings. The Bertz CT molecular complexity index is 822. The van der Waals surface area contributed by atoms with Crippen molar-refractivity contribution in [3.8, 4) is 0 Å². The minimum Gasteiger partial charge on any atom is -0.472 e. The number of hydrogen-bond donors (Lipinski definition) is 10. The predicted molar refractivity (Wildman–Crippen MR) is 124 cm³/mol. The van der Waals surface area contributed by atoms with Crippen LogP contribution < -0.4 is 0 Å². The first-order valence-electron chi connectivity index (χ1n) is 12.2. The molecular weight excluding hydrogens is 532 g/mol. The average molecular weight is 571 g/mol. The molecule has 0 bridgehead atoms. The van der Waals surface area contributed by atoms with Crippen molar-refractivity contribution < 1.29 is 79.6 Å². The van der Waals surface area contributed by atoms with Gasteiger partial charge in [0.25, 0.3) is 0 Å². The molecule has 0 aromatic carbocycles. The number of ether oxygens (including phenoxy) is 4. The Labute approximate surface area is 223 Å². The van der Waals surface area contributed by atoms with Crippen LogP contribution in [0.5, 0.6) is 0 Å². The summed E-state index contributed by atoms with van der Waals surface area (Å²) in [6.45, 7) is 0.455. The third-order valence-electron chi connectivity index (χ3n) is 7.18. The third kappa shape index (κ3) is 7.49. The summed E-state index contributed by atoms with van der Waals surface area (Å²) in [7, 11) is 1.25. The fourth-order valence-corrected chi connectivity index (χ4v) is 4.72. The van der Waals surface area contributed by atoms with Crippen LogP contribution in [0, 0.1) is 17.8 Å². The van der Waals surface area contributed by atoms with Gasteiger partial charge in [0.15, 0.2) is 12.6 Å². The van der Waals surface area contributed by atoms with E-state index in [1.54, 1.807) is 6.92 Å². The third-order valence-corrected chi connectivity index (χ3v) is 7.18. The molecule has 2 heterocycles. The highest BCUT2D eigenvalue weighted by atomic mass is 16.8. The molecule has 3 rings (SSSR count). The smallest absolute Gasteiger partial charge is 0.337 e. The molecule has 2 aliphatic heterocycles. The summed E-state index contributed by atoms with van der Waals surface area (Å²) in [5.41, 5.74) is 0.291. The lowest BCUT2D eigenvalue weighted by Gasteiger charge is -2.43. The Morgan fingerprint density at radius 1 is 1.05 bits per heavy atom. The van der Waals surface area contributed by atoms with E-state index in [2.05, 4.69) is 0 Å². The quantitative estimate of drug-likeness (QED) is 0.0914. The minimum absolute atomic E-state index is 0.0258. The van der Waals surface area contributed by atoms with Crippen molar-refractivity contribution in [1.82, 2.24) is 0 Å². The van der Waals surface area contributed by atoms with Crippen LogP contribution in [0.3, 0.4) is 0 Å². The zero-order valence-electron chi connectivity index (χ0n) is 21.3. The first kappa shape index (κ1) is 33.4. The summed E-state index contributed by atoms with van der Waals surface area (Å²) in [5, 5.41) is 93.0. The van der Waals surface area contributed by atoms with Gasteiger partial charge in [0, 0.05) is 11.8 Å². The number of aliphatic hydroxyl groups is 10. The van der Waals surface area contributed by atoms with Crippen molar-refractivity contribution in [2.45, 2.75) is 80.9 Å². The van der Waals surface area contributed by atoms with Crippen LogP contribution in [-0.2, 0) is 28.5 Å². The van der Waals surface area contributed by atoms with Crippen molar-refractivity contribution in [1.29, 1.82) is 0 Å². The van der Waals surface area contributed by atoms with Gasteiger partial charge in [-0.25, -0.2) is 4.79 Å². The van der Waals surface area contributed by atoms with E-state index >= 15 is 0 Å². The second kappa shape index (κ2) is 14.7. The molecule has 0 amide bonds. The summed E-state index contributed by atoms with van der Waals surface area (Å²) in [4.78, 5) is 21.9. The van der Waals surface area contributed by atoms with Crippen LogP contribution in [0.2, 0.25) is 0 Å². The molecule has 14 atom stereocenters. The standard InChI is InChI=1S/C17H26O10.C6H12O6/c1-6-9(19)3-7-8(15(23)24-2)5-25-16(11(6)7)27-17-14(22)13(21)12(20)10(4-18)26-17;7-1-3(9)5(11)6(12)4(10)2-8/h5-7,9-14,16-22H,3-4H2,1-2H3;1,3-6,8-12H,2H2/t6-,7+,9-,10+,11+,12+,13-,14+,16-,17-;3-,4+,5+,6+/m00/s1. The van der Waals surface area contributed by atoms with E-state index in [1.165, 1.54) is 13.4 Å². The Hall–Kier alpha value is -1.80. The second-order valence-corrected chi connectivity index (χ2v) is 9.61. The maximum absolute atomic E-state index is 12.0. The van der Waals surface area contributed by atoms with Gasteiger partial charge < -0.3 is 74.8 Å². The first-order chi connectivity index (χ1) is 18.3. The van der Waals surface area contributed by atoms with Crippen molar-refractivity contribution in [2.24, 2.45) is 17.8 Å². The Morgan fingerprint density at radius 3 is 2.23 bits per heavy atom. The Morgan fingerprint density at radius 2 is 1.69 bits per heavy atom. The van der Waals surface area contributed by atoms with E-state index in [9.17, 15) is 35.1 Å². The number of aldehydes is 1. The average Bonchev–Trinajstić information content (AvgIpc) is 3.25. The largest absolute Gasteiger partial charge is 0.472 e. The highest BCUT2D eigenvalue weighted by Crippen LogP contribution is 2.47. The van der Waals surface area contributed by atoms with Gasteiger partial charge in [-0.15, -0.1) is 0 Å². The van der Waals surface area contributed by atoms with Crippen LogP contribution in [0.15, 0.2) is 11.8 Å². The van der Waals surface area contributed by atoms with E-state index in [0.29, 0.717) is 12.0 Å². The summed E-state index contributed by atoms with van der Waals surface area (Å²) < 4.78 is 21.4. The van der Waals surface area contributed by atoms with Crippen molar-refractivity contribution in [3.05, 3.63) is 11.8 Å². The zero-order valence-corrected chi connectivity index (χ0v) is 21.3. The van der Waals surface area contributed by atoms with Crippen LogP contribution in [0.4, 0.5) is 0 Å². The van der Waals surface area contributed by atoms with Gasteiger partial charge in [-0.1, -0.05) is 6.92 Å². The molecule has 1 saturated carbocycles. The number of rotatable bonds is 9. The maximum Gasteiger partial charge on any atom is 0.337 e. The number of hydrogen-bond acceptors (Lipinski definition) is 16. The first-order valence-corrected chi connectivity index (χ1v) is 12.2. The van der Waals surface area contributed by atoms with Gasteiger partial charge in [0.1, 0.15) is 48.8 Å². The molecule has 0 spiro atoms. The lowest BCUT2D eigenvalue weighted by atomic mass is 9.83. The predicted octanol–water partition coefficient (Wildman–Crippen LogP) is -5.53. The van der Waals surface area contributed by atoms with Crippen molar-refractivity contribution in [3.63, 3.8) is 0 Å². The summed E-state index contributed by atoms with van der Waals surface area (Å²) in [5.74, 6) is -1.63. The van der Waals surface area contributed by atoms with E-state index in [0.717, 1.165) is 0 Å². The van der Waals surface area contributed by atoms with Crippen molar-refractivity contribution >= 4 is 12.3 Å². The molecule has 0 aromatic rings. The molecule has 0 aromatic heterocycles. The summed E-state index contributed by atoms with van der Waals surface area (Å²) in [6.07, 6.45) is -14.1. The summed E-state index contributed by atoms with van der Waals surface area (Å²) >= 11 is 0. The second-order valence-electron chi connectivity index (χ2n) is 9.61. The van der Waals surface area contributed by atoms with Crippen LogP contribution in [-0.4, -0.2) is 151 Å². The molecule has 39 heavy (non-hydrogen) atoms. The van der Waals surface area contributed by atoms with Gasteiger partial charge in [-0.05, 0) is 12.3 Å². The molecule has 1 saturated heterocycles. The molecule has 3 aliphatic rings. The fourth-order valence-electron chi connectivity index (χ4n) is 4.72. The van der Waals surface area contributed by atoms with Gasteiger partial charge in [0.2, 0.25) is 6.29 Å². The Balaban J connectivity index is 0.000000377.